The molecule has 0 radical (unpaired) electrons. The van der Waals surface area contributed by atoms with Crippen molar-refractivity contribution in [2.75, 3.05) is 7.11 Å². The van der Waals surface area contributed by atoms with Crippen LogP contribution in [0.15, 0.2) is 47.0 Å². The average Bonchev–Trinajstić information content (AvgIpc) is 2.90. The van der Waals surface area contributed by atoms with Crippen LogP contribution in [0.25, 0.3) is 22.2 Å². The second-order valence-corrected chi connectivity index (χ2v) is 4.10. The van der Waals surface area contributed by atoms with Crippen LogP contribution < -0.4 is 4.74 Å². The van der Waals surface area contributed by atoms with E-state index in [9.17, 15) is 4.79 Å². The zero-order chi connectivity index (χ0) is 13.2. The summed E-state index contributed by atoms with van der Waals surface area (Å²) in [6, 6.07) is 12.8. The Balaban J connectivity index is 2.24. The summed E-state index contributed by atoms with van der Waals surface area (Å²) in [5, 5.41) is 4.94. The van der Waals surface area contributed by atoms with Crippen molar-refractivity contribution in [2.24, 2.45) is 0 Å². The molecule has 0 spiro atoms. The molecule has 1 aromatic heterocycles. The lowest BCUT2D eigenvalue weighted by molar-refractivity contribution is 0.112. The first-order valence-corrected chi connectivity index (χ1v) is 5.81. The van der Waals surface area contributed by atoms with Gasteiger partial charge in [0.2, 0.25) is 0 Å². The van der Waals surface area contributed by atoms with E-state index in [2.05, 4.69) is 5.16 Å². The highest BCUT2D eigenvalue weighted by Crippen LogP contribution is 2.31. The predicted octanol–water partition coefficient (Wildman–Crippen LogP) is 3.32. The standard InChI is InChI=1S/C15H11NO3/c1-18-11-6-7-12(10(8-11)9-17)15-13-4-2-3-5-14(13)19-16-15/h2-9H,1H3. The zero-order valence-electron chi connectivity index (χ0n) is 10.3. The van der Waals surface area contributed by atoms with Gasteiger partial charge in [-0.1, -0.05) is 17.3 Å². The van der Waals surface area contributed by atoms with Gasteiger partial charge in [0.05, 0.1) is 7.11 Å². The number of carbonyl (C=O) groups is 1. The molecule has 0 aliphatic rings. The molecule has 0 N–H and O–H groups in total. The second-order valence-electron chi connectivity index (χ2n) is 4.10. The highest BCUT2D eigenvalue weighted by atomic mass is 16.5. The van der Waals surface area contributed by atoms with E-state index in [-0.39, 0.29) is 0 Å². The summed E-state index contributed by atoms with van der Waals surface area (Å²) in [7, 11) is 1.56. The van der Waals surface area contributed by atoms with Crippen LogP contribution in [0.3, 0.4) is 0 Å². The second kappa shape index (κ2) is 4.57. The predicted molar refractivity (Wildman–Crippen MR) is 71.4 cm³/mol. The van der Waals surface area contributed by atoms with E-state index in [1.165, 1.54) is 0 Å². The third kappa shape index (κ3) is 1.87. The molecular formula is C15H11NO3. The normalized spacial score (nSPS) is 10.6. The Bertz CT molecular complexity index is 746. The first kappa shape index (κ1) is 11.5. The SMILES string of the molecule is COc1ccc(-c2noc3ccccc23)c(C=O)c1. The third-order valence-corrected chi connectivity index (χ3v) is 3.02. The van der Waals surface area contributed by atoms with E-state index < -0.39 is 0 Å². The summed E-state index contributed by atoms with van der Waals surface area (Å²) < 4.78 is 10.4. The quantitative estimate of drug-likeness (QED) is 0.672. The molecular weight excluding hydrogens is 242 g/mol. The van der Waals surface area contributed by atoms with Gasteiger partial charge in [-0.05, 0) is 30.3 Å². The number of hydrogen-bond acceptors (Lipinski definition) is 4. The zero-order valence-corrected chi connectivity index (χ0v) is 10.3. The third-order valence-electron chi connectivity index (χ3n) is 3.02. The molecule has 4 heteroatoms. The molecule has 3 rings (SSSR count). The summed E-state index contributed by atoms with van der Waals surface area (Å²) in [6.07, 6.45) is 0.793. The maximum Gasteiger partial charge on any atom is 0.167 e. The lowest BCUT2D eigenvalue weighted by Gasteiger charge is -2.04. The van der Waals surface area contributed by atoms with Crippen LogP contribution in [0, 0.1) is 0 Å². The maximum absolute atomic E-state index is 11.2. The van der Waals surface area contributed by atoms with Gasteiger partial charge >= 0.3 is 0 Å². The number of hydrogen-bond donors (Lipinski definition) is 0. The number of fused-ring (bicyclic) bond motifs is 1. The van der Waals surface area contributed by atoms with Crippen molar-refractivity contribution in [3.63, 3.8) is 0 Å². The van der Waals surface area contributed by atoms with Gasteiger partial charge < -0.3 is 9.26 Å². The topological polar surface area (TPSA) is 52.3 Å². The lowest BCUT2D eigenvalue weighted by atomic mass is 10.0. The molecule has 0 fully saturated rings. The number of benzene rings is 2. The molecule has 1 heterocycles. The van der Waals surface area contributed by atoms with E-state index in [4.69, 9.17) is 9.26 Å². The van der Waals surface area contributed by atoms with E-state index in [0.717, 1.165) is 17.2 Å². The number of rotatable bonds is 3. The van der Waals surface area contributed by atoms with Crippen molar-refractivity contribution < 1.29 is 14.1 Å². The minimum Gasteiger partial charge on any atom is -0.497 e. The van der Waals surface area contributed by atoms with Gasteiger partial charge in [0.25, 0.3) is 0 Å². The highest BCUT2D eigenvalue weighted by Gasteiger charge is 2.13. The van der Waals surface area contributed by atoms with Crippen molar-refractivity contribution in [1.29, 1.82) is 0 Å². The van der Waals surface area contributed by atoms with Crippen LogP contribution in [-0.2, 0) is 0 Å². The van der Waals surface area contributed by atoms with Crippen molar-refractivity contribution in [1.82, 2.24) is 5.16 Å². The van der Waals surface area contributed by atoms with Gasteiger partial charge in [0, 0.05) is 16.5 Å². The first-order valence-electron chi connectivity index (χ1n) is 5.81. The summed E-state index contributed by atoms with van der Waals surface area (Å²) in [5.41, 5.74) is 2.63. The Hall–Kier alpha value is -2.62. The van der Waals surface area contributed by atoms with E-state index in [0.29, 0.717) is 22.6 Å². The van der Waals surface area contributed by atoms with Crippen molar-refractivity contribution in [3.8, 4) is 17.0 Å². The lowest BCUT2D eigenvalue weighted by Crippen LogP contribution is -1.91. The smallest absolute Gasteiger partial charge is 0.167 e. The van der Waals surface area contributed by atoms with Gasteiger partial charge in [0.1, 0.15) is 11.4 Å². The minimum atomic E-state index is 0.526. The molecule has 0 aliphatic carbocycles. The molecule has 3 aromatic rings. The minimum absolute atomic E-state index is 0.526. The molecule has 0 saturated carbocycles. The van der Waals surface area contributed by atoms with Crippen LogP contribution in [-0.4, -0.2) is 18.6 Å². The Labute approximate surface area is 109 Å². The number of methoxy groups -OCH3 is 1. The fourth-order valence-corrected chi connectivity index (χ4v) is 2.06. The monoisotopic (exact) mass is 253 g/mol. The number of ether oxygens (including phenoxy) is 1. The summed E-state index contributed by atoms with van der Waals surface area (Å²) in [6.45, 7) is 0. The van der Waals surface area contributed by atoms with Crippen LogP contribution in [0.4, 0.5) is 0 Å². The Morgan fingerprint density at radius 1 is 1.21 bits per heavy atom. The molecule has 0 atom stereocenters. The average molecular weight is 253 g/mol. The number of aromatic nitrogens is 1. The van der Waals surface area contributed by atoms with E-state index >= 15 is 0 Å². The Morgan fingerprint density at radius 3 is 2.84 bits per heavy atom. The fraction of sp³-hybridized carbons (Fsp3) is 0.0667. The molecule has 2 aromatic carbocycles. The molecule has 0 amide bonds. The molecule has 0 bridgehead atoms. The number of nitrogens with zero attached hydrogens (tertiary/aromatic N) is 1. The molecule has 4 nitrogen and oxygen atoms in total. The van der Waals surface area contributed by atoms with Crippen molar-refractivity contribution in [2.45, 2.75) is 0 Å². The molecule has 0 aliphatic heterocycles. The Morgan fingerprint density at radius 2 is 2.05 bits per heavy atom. The number of para-hydroxylation sites is 1. The molecule has 0 unspecified atom stereocenters. The highest BCUT2D eigenvalue weighted by molar-refractivity contribution is 5.97. The molecule has 0 saturated heterocycles. The summed E-state index contributed by atoms with van der Waals surface area (Å²) >= 11 is 0. The summed E-state index contributed by atoms with van der Waals surface area (Å²) in [4.78, 5) is 11.2. The van der Waals surface area contributed by atoms with Crippen molar-refractivity contribution >= 4 is 17.3 Å². The van der Waals surface area contributed by atoms with Crippen LogP contribution in [0.5, 0.6) is 5.75 Å². The first-order chi connectivity index (χ1) is 9.33. The largest absolute Gasteiger partial charge is 0.497 e. The van der Waals surface area contributed by atoms with Crippen LogP contribution >= 0.6 is 0 Å². The fourth-order valence-electron chi connectivity index (χ4n) is 2.06. The number of carbonyl (C=O) groups excluding carboxylic acids is 1. The van der Waals surface area contributed by atoms with Crippen molar-refractivity contribution in [3.05, 3.63) is 48.0 Å². The summed E-state index contributed by atoms with van der Waals surface area (Å²) in [5.74, 6) is 0.638. The van der Waals surface area contributed by atoms with Gasteiger partial charge in [-0.25, -0.2) is 0 Å². The van der Waals surface area contributed by atoms with Crippen LogP contribution in [0.1, 0.15) is 10.4 Å². The maximum atomic E-state index is 11.2. The molecule has 94 valence electrons. The van der Waals surface area contributed by atoms with Crippen LogP contribution in [0.2, 0.25) is 0 Å². The van der Waals surface area contributed by atoms with Gasteiger partial charge in [0.15, 0.2) is 11.9 Å². The van der Waals surface area contributed by atoms with E-state index in [1.54, 1.807) is 19.2 Å². The van der Waals surface area contributed by atoms with Gasteiger partial charge in [-0.3, -0.25) is 4.79 Å². The van der Waals surface area contributed by atoms with Gasteiger partial charge in [-0.15, -0.1) is 0 Å². The number of aldehydes is 1. The van der Waals surface area contributed by atoms with Gasteiger partial charge in [-0.2, -0.15) is 0 Å². The Kier molecular flexibility index (Phi) is 2.76. The molecule has 19 heavy (non-hydrogen) atoms. The van der Waals surface area contributed by atoms with E-state index in [1.807, 2.05) is 30.3 Å².